The predicted octanol–water partition coefficient (Wildman–Crippen LogP) is 10.3. The molecule has 0 heterocycles. The molecule has 0 spiro atoms. The zero-order valence-corrected chi connectivity index (χ0v) is 34.6. The second-order valence-electron chi connectivity index (χ2n) is 16.2. The highest BCUT2D eigenvalue weighted by molar-refractivity contribution is 6.33. The molecule has 290 valence electrons. The first-order chi connectivity index (χ1) is 24.8. The summed E-state index contributed by atoms with van der Waals surface area (Å²) >= 11 is 0. The van der Waals surface area contributed by atoms with Gasteiger partial charge in [0.25, 0.3) is 0 Å². The third kappa shape index (κ3) is 8.17. The van der Waals surface area contributed by atoms with Crippen LogP contribution in [0.1, 0.15) is 125 Å². The summed E-state index contributed by atoms with van der Waals surface area (Å²) in [6.07, 6.45) is 10.2. The van der Waals surface area contributed by atoms with E-state index >= 15 is 14.4 Å². The quantitative estimate of drug-likeness (QED) is 0.0940. The average molecular weight is 731 g/mol. The summed E-state index contributed by atoms with van der Waals surface area (Å²) in [5.41, 5.74) is -0.265. The van der Waals surface area contributed by atoms with E-state index in [2.05, 4.69) is 12.2 Å². The molecule has 1 aromatic carbocycles. The number of hydrogen-bond acceptors (Lipinski definition) is 8. The van der Waals surface area contributed by atoms with Gasteiger partial charge in [0, 0.05) is 23.6 Å². The lowest BCUT2D eigenvalue weighted by Gasteiger charge is -2.61. The number of esters is 1. The lowest BCUT2D eigenvalue weighted by Crippen LogP contribution is -2.71. The number of ether oxygens (including phenoxy) is 4. The van der Waals surface area contributed by atoms with Crippen molar-refractivity contribution in [1.29, 1.82) is 0 Å². The van der Waals surface area contributed by atoms with E-state index in [0.29, 0.717) is 25.0 Å². The second kappa shape index (κ2) is 17.3. The van der Waals surface area contributed by atoms with Crippen molar-refractivity contribution in [3.8, 4) is 17.2 Å². The Hall–Kier alpha value is -4.20. The van der Waals surface area contributed by atoms with Gasteiger partial charge in [-0.05, 0) is 105 Å². The zero-order valence-electron chi connectivity index (χ0n) is 34.6. The van der Waals surface area contributed by atoms with Crippen LogP contribution in [0.3, 0.4) is 0 Å². The Balaban J connectivity index is 2.61. The molecule has 0 aliphatic heterocycles. The van der Waals surface area contributed by atoms with Gasteiger partial charge in [0.05, 0.1) is 26.7 Å². The molecule has 1 saturated carbocycles. The van der Waals surface area contributed by atoms with Crippen molar-refractivity contribution in [3.63, 3.8) is 0 Å². The van der Waals surface area contributed by atoms with Crippen molar-refractivity contribution in [2.24, 2.45) is 28.1 Å². The van der Waals surface area contributed by atoms with Gasteiger partial charge in [-0.3, -0.25) is 14.4 Å². The number of benzene rings is 1. The number of ketones is 3. The number of rotatable bonds is 16. The SMILES string of the molecule is COc1cc(OC)c(C(=O)OC2=C(CC=C(C)C)C(=O)[C@@]3(C(=O)C(C)C)C(=O)[C@]2(CC=C(C)C)C[C@H](CC=C(C)C)[C@@]3(C)CCC=C(C)C)c(OC)c1. The Labute approximate surface area is 317 Å². The molecular formula is C45H62O8. The Kier molecular flexibility index (Phi) is 14.1. The van der Waals surface area contributed by atoms with Gasteiger partial charge in [-0.1, -0.05) is 67.4 Å². The molecule has 0 amide bonds. The molecule has 8 nitrogen and oxygen atoms in total. The van der Waals surface area contributed by atoms with Crippen LogP contribution >= 0.6 is 0 Å². The molecule has 53 heavy (non-hydrogen) atoms. The Bertz CT molecular complexity index is 1730. The third-order valence-electron chi connectivity index (χ3n) is 11.1. The highest BCUT2D eigenvalue weighted by atomic mass is 16.5. The molecule has 2 bridgehead atoms. The highest BCUT2D eigenvalue weighted by Crippen LogP contribution is 2.68. The van der Waals surface area contributed by atoms with Crippen LogP contribution in [0.4, 0.5) is 0 Å². The van der Waals surface area contributed by atoms with E-state index in [4.69, 9.17) is 18.9 Å². The largest absolute Gasteiger partial charge is 0.496 e. The van der Waals surface area contributed by atoms with Gasteiger partial charge in [-0.15, -0.1) is 0 Å². The first kappa shape index (κ1) is 43.2. The Morgan fingerprint density at radius 3 is 1.83 bits per heavy atom. The molecule has 3 rings (SSSR count). The smallest absolute Gasteiger partial charge is 0.350 e. The minimum absolute atomic E-state index is 0.00755. The van der Waals surface area contributed by atoms with Crippen LogP contribution < -0.4 is 14.2 Å². The molecule has 0 N–H and O–H groups in total. The van der Waals surface area contributed by atoms with Crippen molar-refractivity contribution >= 4 is 23.3 Å². The molecule has 0 radical (unpaired) electrons. The van der Waals surface area contributed by atoms with Gasteiger partial charge < -0.3 is 18.9 Å². The summed E-state index contributed by atoms with van der Waals surface area (Å²) in [6.45, 7) is 21.3. The summed E-state index contributed by atoms with van der Waals surface area (Å²) in [4.78, 5) is 61.4. The van der Waals surface area contributed by atoms with Crippen LogP contribution in [-0.2, 0) is 19.1 Å². The first-order valence-corrected chi connectivity index (χ1v) is 18.7. The summed E-state index contributed by atoms with van der Waals surface area (Å²) in [5, 5.41) is 0. The van der Waals surface area contributed by atoms with Crippen molar-refractivity contribution in [3.05, 3.63) is 75.6 Å². The van der Waals surface area contributed by atoms with Gasteiger partial charge in [0.15, 0.2) is 22.8 Å². The topological polar surface area (TPSA) is 105 Å². The number of Topliss-reactive ketones (excluding diaryl/α,β-unsaturated/α-hetero) is 3. The summed E-state index contributed by atoms with van der Waals surface area (Å²) in [7, 11) is 4.34. The van der Waals surface area contributed by atoms with E-state index in [9.17, 15) is 4.79 Å². The minimum Gasteiger partial charge on any atom is -0.496 e. The Morgan fingerprint density at radius 1 is 0.811 bits per heavy atom. The van der Waals surface area contributed by atoms with E-state index in [1.54, 1.807) is 26.0 Å². The van der Waals surface area contributed by atoms with Crippen LogP contribution in [0.25, 0.3) is 0 Å². The summed E-state index contributed by atoms with van der Waals surface area (Å²) in [6, 6.07) is 3.10. The zero-order chi connectivity index (χ0) is 40.1. The molecule has 8 heteroatoms. The normalized spacial score (nSPS) is 23.6. The minimum atomic E-state index is -2.00. The van der Waals surface area contributed by atoms with Crippen molar-refractivity contribution in [1.82, 2.24) is 0 Å². The standard InChI is InChI=1S/C45H62O8/c1-27(2)16-15-22-43(11)32(19-17-28(3)4)26-44(23-21-30(7)8)40(53-41(48)37-35(51-13)24-33(50-12)25-36(37)52-14)34(20-18-29(5)6)39(47)45(43,42(44)49)38(46)31(9)10/h16-18,21,24-25,31-32H,15,19-20,22-23,26H2,1-14H3/t32-,43+,44+,45-/m0/s1. The van der Waals surface area contributed by atoms with Crippen LogP contribution in [0.5, 0.6) is 17.2 Å². The molecule has 4 atom stereocenters. The maximum absolute atomic E-state index is 16.0. The fraction of sp³-hybridized carbons (Fsp3) is 0.556. The fourth-order valence-corrected chi connectivity index (χ4v) is 8.20. The van der Waals surface area contributed by atoms with Crippen LogP contribution in [0.2, 0.25) is 0 Å². The van der Waals surface area contributed by atoms with Crippen molar-refractivity contribution in [2.45, 2.75) is 115 Å². The van der Waals surface area contributed by atoms with E-state index in [1.807, 2.05) is 74.5 Å². The van der Waals surface area contributed by atoms with Crippen LogP contribution in [-0.4, -0.2) is 44.6 Å². The average Bonchev–Trinajstić information content (AvgIpc) is 3.08. The highest BCUT2D eigenvalue weighted by Gasteiger charge is 2.76. The molecule has 0 unspecified atom stereocenters. The van der Waals surface area contributed by atoms with Gasteiger partial charge in [-0.2, -0.15) is 0 Å². The predicted molar refractivity (Wildman–Crippen MR) is 210 cm³/mol. The summed E-state index contributed by atoms with van der Waals surface area (Å²) < 4.78 is 23.1. The second-order valence-corrected chi connectivity index (χ2v) is 16.2. The van der Waals surface area contributed by atoms with Crippen molar-refractivity contribution < 1.29 is 38.1 Å². The molecule has 0 saturated heterocycles. The van der Waals surface area contributed by atoms with E-state index < -0.39 is 39.7 Å². The molecule has 0 aromatic heterocycles. The fourth-order valence-electron chi connectivity index (χ4n) is 8.20. The lowest BCUT2D eigenvalue weighted by molar-refractivity contribution is -0.180. The van der Waals surface area contributed by atoms with Gasteiger partial charge in [-0.25, -0.2) is 4.79 Å². The van der Waals surface area contributed by atoms with Crippen molar-refractivity contribution in [2.75, 3.05) is 21.3 Å². The molecule has 2 aliphatic carbocycles. The van der Waals surface area contributed by atoms with E-state index in [-0.39, 0.29) is 59.4 Å². The molecule has 1 aromatic rings. The van der Waals surface area contributed by atoms with E-state index in [1.165, 1.54) is 21.3 Å². The molecular weight excluding hydrogens is 668 g/mol. The molecule has 1 fully saturated rings. The monoisotopic (exact) mass is 730 g/mol. The van der Waals surface area contributed by atoms with Gasteiger partial charge in [0.2, 0.25) is 0 Å². The number of allylic oxidation sites excluding steroid dienone is 10. The number of carbonyl (C=O) groups excluding carboxylic acids is 4. The maximum atomic E-state index is 16.0. The van der Waals surface area contributed by atoms with Gasteiger partial charge in [0.1, 0.15) is 28.6 Å². The van der Waals surface area contributed by atoms with Crippen LogP contribution in [0.15, 0.2) is 70.1 Å². The maximum Gasteiger partial charge on any atom is 0.350 e. The number of methoxy groups -OCH3 is 3. The number of fused-ring (bicyclic) bond motifs is 2. The lowest BCUT2D eigenvalue weighted by atomic mass is 9.38. The number of carbonyl (C=O) groups is 4. The first-order valence-electron chi connectivity index (χ1n) is 18.7. The summed E-state index contributed by atoms with van der Waals surface area (Å²) in [5.74, 6) is -2.47. The van der Waals surface area contributed by atoms with Crippen LogP contribution in [0, 0.1) is 28.1 Å². The Morgan fingerprint density at radius 2 is 1.36 bits per heavy atom. The molecule has 2 aliphatic rings. The number of hydrogen-bond donors (Lipinski definition) is 0. The van der Waals surface area contributed by atoms with E-state index in [0.717, 1.165) is 22.3 Å². The third-order valence-corrected chi connectivity index (χ3v) is 11.1. The van der Waals surface area contributed by atoms with Gasteiger partial charge >= 0.3 is 5.97 Å².